The van der Waals surface area contributed by atoms with Gasteiger partial charge < -0.3 is 9.73 Å². The van der Waals surface area contributed by atoms with Crippen molar-refractivity contribution in [3.8, 4) is 0 Å². The monoisotopic (exact) mass is 307 g/mol. The van der Waals surface area contributed by atoms with Crippen molar-refractivity contribution >= 4 is 9.84 Å². The van der Waals surface area contributed by atoms with Gasteiger partial charge in [0.1, 0.15) is 5.76 Å². The molecule has 1 aromatic carbocycles. The SMILES string of the molecule is Cc1ccc(S(=O)(=O)C[C@@H](C)N[C@@H](C)c2ccco2)cc1. The van der Waals surface area contributed by atoms with Crippen LogP contribution >= 0.6 is 0 Å². The first-order chi connectivity index (χ1) is 9.88. The highest BCUT2D eigenvalue weighted by atomic mass is 32.2. The van der Waals surface area contributed by atoms with Crippen LogP contribution in [0.25, 0.3) is 0 Å². The molecule has 0 saturated heterocycles. The molecule has 5 heteroatoms. The van der Waals surface area contributed by atoms with Gasteiger partial charge in [0, 0.05) is 6.04 Å². The first-order valence-electron chi connectivity index (χ1n) is 6.97. The summed E-state index contributed by atoms with van der Waals surface area (Å²) in [6.07, 6.45) is 1.61. The van der Waals surface area contributed by atoms with Crippen LogP contribution in [0.4, 0.5) is 0 Å². The van der Waals surface area contributed by atoms with E-state index in [1.165, 1.54) is 0 Å². The number of furan rings is 1. The second kappa shape index (κ2) is 6.45. The van der Waals surface area contributed by atoms with E-state index in [0.717, 1.165) is 11.3 Å². The number of hydrogen-bond donors (Lipinski definition) is 1. The predicted octanol–water partition coefficient (Wildman–Crippen LogP) is 3.10. The second-order valence-corrected chi connectivity index (χ2v) is 7.43. The van der Waals surface area contributed by atoms with E-state index in [9.17, 15) is 8.42 Å². The molecule has 0 aliphatic heterocycles. The zero-order chi connectivity index (χ0) is 15.5. The van der Waals surface area contributed by atoms with E-state index < -0.39 is 9.84 Å². The van der Waals surface area contributed by atoms with E-state index in [1.54, 1.807) is 18.4 Å². The van der Waals surface area contributed by atoms with Gasteiger partial charge in [0.2, 0.25) is 0 Å². The highest BCUT2D eigenvalue weighted by Gasteiger charge is 2.20. The van der Waals surface area contributed by atoms with Crippen LogP contribution in [0.2, 0.25) is 0 Å². The van der Waals surface area contributed by atoms with Crippen molar-refractivity contribution in [2.45, 2.75) is 37.8 Å². The van der Waals surface area contributed by atoms with Crippen LogP contribution in [0.1, 0.15) is 31.2 Å². The Morgan fingerprint density at radius 2 is 1.81 bits per heavy atom. The van der Waals surface area contributed by atoms with Crippen LogP contribution in [0, 0.1) is 6.92 Å². The lowest BCUT2D eigenvalue weighted by Gasteiger charge is -2.18. The van der Waals surface area contributed by atoms with Gasteiger partial charge in [-0.1, -0.05) is 17.7 Å². The van der Waals surface area contributed by atoms with Gasteiger partial charge in [0.05, 0.1) is 23.0 Å². The number of sulfone groups is 1. The number of nitrogens with one attached hydrogen (secondary N) is 1. The third-order valence-corrected chi connectivity index (χ3v) is 5.28. The third-order valence-electron chi connectivity index (χ3n) is 3.35. The smallest absolute Gasteiger partial charge is 0.179 e. The summed E-state index contributed by atoms with van der Waals surface area (Å²) in [5, 5.41) is 3.25. The highest BCUT2D eigenvalue weighted by Crippen LogP contribution is 2.16. The lowest BCUT2D eigenvalue weighted by molar-refractivity contribution is 0.408. The first kappa shape index (κ1) is 15.8. The molecular formula is C16H21NO3S. The molecule has 1 heterocycles. The molecule has 114 valence electrons. The molecule has 1 N–H and O–H groups in total. The van der Waals surface area contributed by atoms with Crippen LogP contribution in [0.15, 0.2) is 52.0 Å². The number of benzene rings is 1. The molecule has 0 aliphatic rings. The van der Waals surface area contributed by atoms with E-state index in [2.05, 4.69) is 5.32 Å². The molecular weight excluding hydrogens is 286 g/mol. The van der Waals surface area contributed by atoms with Crippen molar-refractivity contribution < 1.29 is 12.8 Å². The highest BCUT2D eigenvalue weighted by molar-refractivity contribution is 7.91. The van der Waals surface area contributed by atoms with Crippen LogP contribution in [0.5, 0.6) is 0 Å². The van der Waals surface area contributed by atoms with E-state index in [0.29, 0.717) is 4.90 Å². The normalized spacial score (nSPS) is 14.8. The lowest BCUT2D eigenvalue weighted by Crippen LogP contribution is -2.34. The van der Waals surface area contributed by atoms with Crippen LogP contribution in [-0.4, -0.2) is 20.2 Å². The molecule has 0 amide bonds. The largest absolute Gasteiger partial charge is 0.468 e. The predicted molar refractivity (Wildman–Crippen MR) is 83.0 cm³/mol. The Balaban J connectivity index is 2.01. The molecule has 0 bridgehead atoms. The van der Waals surface area contributed by atoms with Gasteiger partial charge in [-0.15, -0.1) is 0 Å². The average molecular weight is 307 g/mol. The van der Waals surface area contributed by atoms with Crippen LogP contribution in [-0.2, 0) is 9.84 Å². The molecule has 2 atom stereocenters. The Kier molecular flexibility index (Phi) is 4.85. The zero-order valence-electron chi connectivity index (χ0n) is 12.5. The molecule has 0 radical (unpaired) electrons. The molecule has 0 unspecified atom stereocenters. The molecule has 0 spiro atoms. The molecule has 2 rings (SSSR count). The van der Waals surface area contributed by atoms with Gasteiger partial charge in [-0.25, -0.2) is 8.42 Å². The Hall–Kier alpha value is -1.59. The lowest BCUT2D eigenvalue weighted by atomic mass is 10.2. The van der Waals surface area contributed by atoms with E-state index in [4.69, 9.17) is 4.42 Å². The van der Waals surface area contributed by atoms with Crippen molar-refractivity contribution in [3.63, 3.8) is 0 Å². The molecule has 2 aromatic rings. The zero-order valence-corrected chi connectivity index (χ0v) is 13.4. The molecule has 0 saturated carbocycles. The summed E-state index contributed by atoms with van der Waals surface area (Å²) < 4.78 is 30.0. The van der Waals surface area contributed by atoms with Crippen molar-refractivity contribution in [2.75, 3.05) is 5.75 Å². The number of hydrogen-bond acceptors (Lipinski definition) is 4. The second-order valence-electron chi connectivity index (χ2n) is 5.40. The molecule has 0 aliphatic carbocycles. The molecule has 1 aromatic heterocycles. The summed E-state index contributed by atoms with van der Waals surface area (Å²) in [5.74, 6) is 0.857. The quantitative estimate of drug-likeness (QED) is 0.891. The van der Waals surface area contributed by atoms with Gasteiger partial charge in [-0.05, 0) is 45.0 Å². The molecule has 0 fully saturated rings. The Morgan fingerprint density at radius 1 is 1.14 bits per heavy atom. The summed E-state index contributed by atoms with van der Waals surface area (Å²) in [7, 11) is -3.28. The Morgan fingerprint density at radius 3 is 2.38 bits per heavy atom. The summed E-state index contributed by atoms with van der Waals surface area (Å²) >= 11 is 0. The summed E-state index contributed by atoms with van der Waals surface area (Å²) in [5.41, 5.74) is 1.05. The van der Waals surface area contributed by atoms with Crippen molar-refractivity contribution in [2.24, 2.45) is 0 Å². The van der Waals surface area contributed by atoms with Crippen LogP contribution in [0.3, 0.4) is 0 Å². The maximum absolute atomic E-state index is 12.4. The first-order valence-corrected chi connectivity index (χ1v) is 8.62. The summed E-state index contributed by atoms with van der Waals surface area (Å²) in [6.45, 7) is 5.75. The van der Waals surface area contributed by atoms with Crippen molar-refractivity contribution in [3.05, 3.63) is 54.0 Å². The van der Waals surface area contributed by atoms with Gasteiger partial charge in [0.15, 0.2) is 9.84 Å². The minimum absolute atomic E-state index is 0.0248. The van der Waals surface area contributed by atoms with Gasteiger partial charge in [-0.2, -0.15) is 0 Å². The van der Waals surface area contributed by atoms with Crippen LogP contribution < -0.4 is 5.32 Å². The maximum Gasteiger partial charge on any atom is 0.179 e. The van der Waals surface area contributed by atoms with Gasteiger partial charge in [0.25, 0.3) is 0 Å². The van der Waals surface area contributed by atoms with E-state index in [-0.39, 0.29) is 17.8 Å². The fourth-order valence-corrected chi connectivity index (χ4v) is 3.76. The number of aryl methyl sites for hydroxylation is 1. The minimum atomic E-state index is -3.28. The third kappa shape index (κ3) is 4.19. The van der Waals surface area contributed by atoms with E-state index >= 15 is 0 Å². The standard InChI is InChI=1S/C16H21NO3S/c1-12-6-8-15(9-7-12)21(18,19)11-13(2)17-14(3)16-5-4-10-20-16/h4-10,13-14,17H,11H2,1-3H3/t13-,14+/m1/s1. The Bertz CT molecular complexity index is 660. The average Bonchev–Trinajstić information content (AvgIpc) is 2.92. The van der Waals surface area contributed by atoms with Crippen molar-refractivity contribution in [1.29, 1.82) is 0 Å². The molecule has 21 heavy (non-hydrogen) atoms. The summed E-state index contributed by atoms with van der Waals surface area (Å²) in [6, 6.07) is 10.5. The fraction of sp³-hybridized carbons (Fsp3) is 0.375. The topological polar surface area (TPSA) is 59.3 Å². The summed E-state index contributed by atoms with van der Waals surface area (Å²) in [4.78, 5) is 0.368. The molecule has 4 nitrogen and oxygen atoms in total. The van der Waals surface area contributed by atoms with Crippen molar-refractivity contribution in [1.82, 2.24) is 5.32 Å². The van der Waals surface area contributed by atoms with E-state index in [1.807, 2.05) is 45.0 Å². The van der Waals surface area contributed by atoms with Gasteiger partial charge in [-0.3, -0.25) is 0 Å². The van der Waals surface area contributed by atoms with Gasteiger partial charge >= 0.3 is 0 Å². The number of rotatable bonds is 6. The maximum atomic E-state index is 12.4. The minimum Gasteiger partial charge on any atom is -0.468 e. The Labute approximate surface area is 126 Å². The fourth-order valence-electron chi connectivity index (χ4n) is 2.27.